The fourth-order valence-electron chi connectivity index (χ4n) is 5.32. The zero-order valence-electron chi connectivity index (χ0n) is 21.7. The van der Waals surface area contributed by atoms with Gasteiger partial charge in [-0.25, -0.2) is 0 Å². The number of amides is 1. The van der Waals surface area contributed by atoms with Crippen LogP contribution in [0.3, 0.4) is 0 Å². The monoisotopic (exact) mass is 566 g/mol. The standard InChI is InChI=1S/C28H33F3N2O5S/c1-18(33-13-3-2-4-14-33)19-11-12-23-20(15-19)7-5-10-24(23)32-27(36)26(35)25(34)17-39(37,38)22-9-6-8-21(16-22)28(29,30)31/h6,8-9,11-12,15-16,18,24,37-38H,2-5,7,10,13-14,17H2,1H3,(H,32,36)/t18-,24+/m0/s1. The molecule has 0 saturated carbocycles. The quantitative estimate of drug-likeness (QED) is 0.280. The number of likely N-dealkylation sites (tertiary alicyclic amines) is 1. The van der Waals surface area contributed by atoms with E-state index in [2.05, 4.69) is 23.2 Å². The fraction of sp³-hybridized carbons (Fsp3) is 0.464. The van der Waals surface area contributed by atoms with Crippen molar-refractivity contribution in [3.05, 3.63) is 64.7 Å². The molecular formula is C28H33F3N2O5S. The van der Waals surface area contributed by atoms with E-state index in [1.54, 1.807) is 0 Å². The molecule has 3 N–H and O–H groups in total. The van der Waals surface area contributed by atoms with Crippen LogP contribution >= 0.6 is 10.6 Å². The van der Waals surface area contributed by atoms with Crippen LogP contribution in [-0.2, 0) is 27.0 Å². The van der Waals surface area contributed by atoms with Crippen molar-refractivity contribution in [1.29, 1.82) is 0 Å². The zero-order chi connectivity index (χ0) is 28.4. The summed E-state index contributed by atoms with van der Waals surface area (Å²) < 4.78 is 59.7. The van der Waals surface area contributed by atoms with Crippen molar-refractivity contribution in [1.82, 2.24) is 10.2 Å². The summed E-state index contributed by atoms with van der Waals surface area (Å²) >= 11 is 0. The number of rotatable bonds is 8. The second-order valence-corrected chi connectivity index (χ2v) is 12.3. The van der Waals surface area contributed by atoms with Crippen LogP contribution in [0, 0.1) is 0 Å². The number of ketones is 2. The van der Waals surface area contributed by atoms with Crippen molar-refractivity contribution in [2.45, 2.75) is 68.6 Å². The van der Waals surface area contributed by atoms with Gasteiger partial charge < -0.3 is 5.32 Å². The molecule has 0 unspecified atom stereocenters. The molecular weight excluding hydrogens is 533 g/mol. The lowest BCUT2D eigenvalue weighted by atomic mass is 9.85. The Morgan fingerprint density at radius 2 is 1.77 bits per heavy atom. The average molecular weight is 567 g/mol. The molecule has 2 aromatic carbocycles. The first-order valence-corrected chi connectivity index (χ1v) is 14.8. The first-order chi connectivity index (χ1) is 18.4. The summed E-state index contributed by atoms with van der Waals surface area (Å²) in [5.74, 6) is -5.21. The molecule has 4 rings (SSSR count). The smallest absolute Gasteiger partial charge is 0.342 e. The molecule has 11 heteroatoms. The number of Topliss-reactive ketones (excluding diaryl/α,β-unsaturated/α-hetero) is 2. The predicted octanol–water partition coefficient (Wildman–Crippen LogP) is 5.69. The van der Waals surface area contributed by atoms with Crippen LogP contribution in [0.5, 0.6) is 0 Å². The Morgan fingerprint density at radius 3 is 2.46 bits per heavy atom. The molecule has 1 fully saturated rings. The number of alkyl halides is 3. The summed E-state index contributed by atoms with van der Waals surface area (Å²) in [6.07, 6.45) is 1.07. The number of nitrogens with zero attached hydrogens (tertiary/aromatic N) is 1. The van der Waals surface area contributed by atoms with Crippen molar-refractivity contribution in [3.63, 3.8) is 0 Å². The molecule has 1 heterocycles. The Labute approximate surface area is 227 Å². The summed E-state index contributed by atoms with van der Waals surface area (Å²) in [4.78, 5) is 39.6. The number of hydrogen-bond acceptors (Lipinski definition) is 6. The molecule has 1 aliphatic heterocycles. The molecule has 1 amide bonds. The van der Waals surface area contributed by atoms with Crippen molar-refractivity contribution < 1.29 is 36.7 Å². The van der Waals surface area contributed by atoms with E-state index < -0.39 is 56.5 Å². The number of halogens is 3. The summed E-state index contributed by atoms with van der Waals surface area (Å²) in [6.45, 7) is 4.31. The van der Waals surface area contributed by atoms with Gasteiger partial charge in [-0.1, -0.05) is 30.7 Å². The number of benzene rings is 2. The van der Waals surface area contributed by atoms with Gasteiger partial charge in [-0.05, 0) is 87.0 Å². The van der Waals surface area contributed by atoms with Crippen molar-refractivity contribution in [2.24, 2.45) is 0 Å². The third-order valence-electron chi connectivity index (χ3n) is 7.54. The van der Waals surface area contributed by atoms with Crippen LogP contribution in [0.25, 0.3) is 0 Å². The second-order valence-electron chi connectivity index (χ2n) is 10.2. The van der Waals surface area contributed by atoms with Crippen LogP contribution in [0.1, 0.15) is 73.4 Å². The van der Waals surface area contributed by atoms with E-state index in [1.165, 1.54) is 24.8 Å². The number of carbonyl (C=O) groups is 3. The predicted molar refractivity (Wildman–Crippen MR) is 142 cm³/mol. The van der Waals surface area contributed by atoms with Gasteiger partial charge in [0.2, 0.25) is 5.78 Å². The van der Waals surface area contributed by atoms with E-state index >= 15 is 0 Å². The van der Waals surface area contributed by atoms with Crippen molar-refractivity contribution >= 4 is 28.1 Å². The zero-order valence-corrected chi connectivity index (χ0v) is 22.5. The molecule has 2 atom stereocenters. The van der Waals surface area contributed by atoms with Gasteiger partial charge in [-0.3, -0.25) is 28.4 Å². The molecule has 0 radical (unpaired) electrons. The minimum atomic E-state index is -4.73. The van der Waals surface area contributed by atoms with Gasteiger partial charge in [0.15, 0.2) is 0 Å². The van der Waals surface area contributed by atoms with Gasteiger partial charge in [0, 0.05) is 6.04 Å². The first kappa shape index (κ1) is 29.3. The number of carbonyl (C=O) groups excluding carboxylic acids is 3. The van der Waals surface area contributed by atoms with Crippen LogP contribution in [0.15, 0.2) is 47.4 Å². The maximum atomic E-state index is 13.0. The minimum Gasteiger partial charge on any atom is -0.342 e. The number of hydrogen-bond donors (Lipinski definition) is 3. The first-order valence-electron chi connectivity index (χ1n) is 13.0. The van der Waals surface area contributed by atoms with E-state index in [1.807, 2.05) is 12.1 Å². The number of piperidine rings is 1. The minimum absolute atomic E-state index is 0.265. The molecule has 212 valence electrons. The van der Waals surface area contributed by atoms with E-state index in [0.717, 1.165) is 55.3 Å². The van der Waals surface area contributed by atoms with Crippen LogP contribution < -0.4 is 5.32 Å². The van der Waals surface area contributed by atoms with Gasteiger partial charge in [-0.2, -0.15) is 23.8 Å². The van der Waals surface area contributed by atoms with Gasteiger partial charge in [0.1, 0.15) is 5.75 Å². The van der Waals surface area contributed by atoms with E-state index in [0.29, 0.717) is 12.5 Å². The third-order valence-corrected chi connectivity index (χ3v) is 9.21. The van der Waals surface area contributed by atoms with E-state index in [9.17, 15) is 36.7 Å². The summed E-state index contributed by atoms with van der Waals surface area (Å²) in [7, 11) is -4.08. The van der Waals surface area contributed by atoms with Gasteiger partial charge >= 0.3 is 6.18 Å². The molecule has 0 spiro atoms. The largest absolute Gasteiger partial charge is 0.416 e. The van der Waals surface area contributed by atoms with Gasteiger partial charge in [-0.15, -0.1) is 0 Å². The molecule has 2 aliphatic rings. The number of nitrogens with one attached hydrogen (secondary N) is 1. The lowest BCUT2D eigenvalue weighted by molar-refractivity contribution is -0.144. The molecule has 39 heavy (non-hydrogen) atoms. The highest BCUT2D eigenvalue weighted by atomic mass is 32.3. The molecule has 0 bridgehead atoms. The third kappa shape index (κ3) is 6.89. The molecule has 0 aromatic heterocycles. The highest BCUT2D eigenvalue weighted by Gasteiger charge is 2.34. The Bertz CT molecular complexity index is 1240. The summed E-state index contributed by atoms with van der Waals surface area (Å²) in [5.41, 5.74) is 2.01. The SMILES string of the molecule is C[C@@H](c1ccc2c(c1)CCC[C@H]2NC(=O)C(=O)C(=O)CS(O)(O)c1cccc(C(F)(F)F)c1)N1CCCCC1. The van der Waals surface area contributed by atoms with Crippen LogP contribution in [0.4, 0.5) is 13.2 Å². The topological polar surface area (TPSA) is 107 Å². The van der Waals surface area contributed by atoms with Gasteiger partial charge in [0.05, 0.1) is 16.5 Å². The van der Waals surface area contributed by atoms with Crippen molar-refractivity contribution in [2.75, 3.05) is 18.8 Å². The Kier molecular flexibility index (Phi) is 8.85. The normalized spacial score (nSPS) is 19.6. The van der Waals surface area contributed by atoms with Gasteiger partial charge in [0.25, 0.3) is 11.7 Å². The van der Waals surface area contributed by atoms with E-state index in [-0.39, 0.29) is 6.04 Å². The maximum absolute atomic E-state index is 13.0. The maximum Gasteiger partial charge on any atom is 0.416 e. The lowest BCUT2D eigenvalue weighted by Crippen LogP contribution is -2.40. The second kappa shape index (κ2) is 11.8. The Morgan fingerprint density at radius 1 is 1.05 bits per heavy atom. The average Bonchev–Trinajstić information content (AvgIpc) is 2.92. The summed E-state index contributed by atoms with van der Waals surface area (Å²) in [5, 5.41) is 2.60. The molecule has 7 nitrogen and oxygen atoms in total. The Hall–Kier alpha value is -2.73. The number of fused-ring (bicyclic) bond motifs is 1. The van der Waals surface area contributed by atoms with Crippen LogP contribution in [0.2, 0.25) is 0 Å². The molecule has 1 aliphatic carbocycles. The van der Waals surface area contributed by atoms with E-state index in [4.69, 9.17) is 0 Å². The van der Waals surface area contributed by atoms with Crippen LogP contribution in [-0.4, -0.2) is 50.3 Å². The highest BCUT2D eigenvalue weighted by Crippen LogP contribution is 2.49. The molecule has 1 saturated heterocycles. The summed E-state index contributed by atoms with van der Waals surface area (Å²) in [6, 6.07) is 9.18. The fourth-order valence-corrected chi connectivity index (χ4v) is 6.59. The lowest BCUT2D eigenvalue weighted by Gasteiger charge is -2.34. The highest BCUT2D eigenvalue weighted by molar-refractivity contribution is 8.25. The Balaban J connectivity index is 1.41. The number of aryl methyl sites for hydroxylation is 1. The molecule has 2 aromatic rings. The van der Waals surface area contributed by atoms with Crippen molar-refractivity contribution in [3.8, 4) is 0 Å².